The summed E-state index contributed by atoms with van der Waals surface area (Å²) < 4.78 is 4.38. The Morgan fingerprint density at radius 3 is 2.33 bits per heavy atom. The molecule has 1 N–H and O–H groups in total. The summed E-state index contributed by atoms with van der Waals surface area (Å²) in [5.74, 6) is 2.02. The van der Waals surface area contributed by atoms with Crippen molar-refractivity contribution >= 4 is 16.7 Å². The molecule has 0 saturated carbocycles. The van der Waals surface area contributed by atoms with Gasteiger partial charge >= 0.3 is 0 Å². The topological polar surface area (TPSA) is 41.0 Å². The van der Waals surface area contributed by atoms with Crippen LogP contribution in [0.3, 0.4) is 0 Å². The van der Waals surface area contributed by atoms with Crippen molar-refractivity contribution in [1.29, 1.82) is 0 Å². The SMILES string of the molecule is CC(C)CC(CN(C)C)Nc1nc(C(C)C)ns1. The molecule has 1 aromatic heterocycles. The van der Waals surface area contributed by atoms with E-state index >= 15 is 0 Å². The Bertz CT molecular complexity index is 337. The van der Waals surface area contributed by atoms with Crippen LogP contribution in [0, 0.1) is 5.92 Å². The molecule has 1 atom stereocenters. The summed E-state index contributed by atoms with van der Waals surface area (Å²) in [5.41, 5.74) is 0. The molecule has 0 amide bonds. The van der Waals surface area contributed by atoms with E-state index in [1.165, 1.54) is 11.5 Å². The molecule has 0 aliphatic carbocycles. The first-order valence-electron chi connectivity index (χ1n) is 6.63. The highest BCUT2D eigenvalue weighted by atomic mass is 32.1. The third-order valence-corrected chi connectivity index (χ3v) is 3.29. The first kappa shape index (κ1) is 15.4. The van der Waals surface area contributed by atoms with Crippen molar-refractivity contribution in [2.24, 2.45) is 5.92 Å². The van der Waals surface area contributed by atoms with Crippen molar-refractivity contribution in [3.8, 4) is 0 Å². The molecule has 0 radical (unpaired) electrons. The molecule has 1 unspecified atom stereocenters. The van der Waals surface area contributed by atoms with Crippen LogP contribution in [0.4, 0.5) is 5.13 Å². The molecule has 5 heteroatoms. The zero-order valence-electron chi connectivity index (χ0n) is 12.4. The van der Waals surface area contributed by atoms with Gasteiger partial charge in [-0.05, 0) is 26.4 Å². The number of anilines is 1. The number of nitrogens with zero attached hydrogens (tertiary/aromatic N) is 3. The predicted octanol–water partition coefficient (Wildman–Crippen LogP) is 3.05. The molecule has 0 bridgehead atoms. The van der Waals surface area contributed by atoms with E-state index in [9.17, 15) is 0 Å². The maximum absolute atomic E-state index is 4.54. The summed E-state index contributed by atoms with van der Waals surface area (Å²) in [6, 6.07) is 0.438. The lowest BCUT2D eigenvalue weighted by Crippen LogP contribution is -2.33. The Labute approximate surface area is 115 Å². The van der Waals surface area contributed by atoms with E-state index in [1.807, 2.05) is 0 Å². The summed E-state index contributed by atoms with van der Waals surface area (Å²) in [4.78, 5) is 6.75. The Kier molecular flexibility index (Phi) is 6.02. The average Bonchev–Trinajstić information content (AvgIpc) is 2.63. The molecule has 1 heterocycles. The summed E-state index contributed by atoms with van der Waals surface area (Å²) in [6.45, 7) is 9.78. The third-order valence-electron chi connectivity index (χ3n) is 2.63. The van der Waals surface area contributed by atoms with Crippen LogP contribution in [0.1, 0.15) is 45.9 Å². The fraction of sp³-hybridized carbons (Fsp3) is 0.846. The van der Waals surface area contributed by atoms with Gasteiger partial charge in [0, 0.05) is 30.0 Å². The first-order valence-corrected chi connectivity index (χ1v) is 7.40. The second-order valence-corrected chi connectivity index (χ2v) is 6.60. The molecule has 0 saturated heterocycles. The number of aromatic nitrogens is 2. The molecular formula is C13H26N4S. The summed E-state index contributed by atoms with van der Waals surface area (Å²) in [6.07, 6.45) is 1.15. The zero-order valence-corrected chi connectivity index (χ0v) is 13.2. The van der Waals surface area contributed by atoms with Gasteiger partial charge in [0.2, 0.25) is 5.13 Å². The molecule has 0 fully saturated rings. The summed E-state index contributed by atoms with van der Waals surface area (Å²) in [5, 5.41) is 4.47. The molecular weight excluding hydrogens is 244 g/mol. The number of nitrogens with one attached hydrogen (secondary N) is 1. The minimum atomic E-state index is 0.397. The van der Waals surface area contributed by atoms with Crippen molar-refractivity contribution in [2.45, 2.75) is 46.1 Å². The minimum Gasteiger partial charge on any atom is -0.356 e. The Morgan fingerprint density at radius 1 is 1.22 bits per heavy atom. The molecule has 0 aliphatic rings. The maximum atomic E-state index is 4.54. The van der Waals surface area contributed by atoms with Crippen LogP contribution < -0.4 is 5.32 Å². The van der Waals surface area contributed by atoms with Crippen LogP contribution >= 0.6 is 11.5 Å². The van der Waals surface area contributed by atoms with Gasteiger partial charge in [-0.2, -0.15) is 4.37 Å². The summed E-state index contributed by atoms with van der Waals surface area (Å²) >= 11 is 1.47. The van der Waals surface area contributed by atoms with Crippen molar-refractivity contribution in [3.05, 3.63) is 5.82 Å². The quantitative estimate of drug-likeness (QED) is 0.827. The molecule has 4 nitrogen and oxygen atoms in total. The first-order chi connectivity index (χ1) is 8.38. The fourth-order valence-corrected chi connectivity index (χ4v) is 2.68. The van der Waals surface area contributed by atoms with E-state index in [0.29, 0.717) is 17.9 Å². The maximum Gasteiger partial charge on any atom is 0.202 e. The van der Waals surface area contributed by atoms with Crippen molar-refractivity contribution < 1.29 is 0 Å². The highest BCUT2D eigenvalue weighted by Gasteiger charge is 2.15. The summed E-state index contributed by atoms with van der Waals surface area (Å²) in [7, 11) is 4.21. The standard InChI is InChI=1S/C13H26N4S/c1-9(2)7-11(8-17(5)6)14-13-15-12(10(3)4)16-18-13/h9-11H,7-8H2,1-6H3,(H,14,15,16). The number of hydrogen-bond acceptors (Lipinski definition) is 5. The second kappa shape index (κ2) is 7.04. The molecule has 0 aromatic carbocycles. The Balaban J connectivity index is 2.63. The van der Waals surface area contributed by atoms with E-state index in [2.05, 4.69) is 61.4 Å². The fourth-order valence-electron chi connectivity index (χ4n) is 1.89. The molecule has 0 aliphatic heterocycles. The second-order valence-electron chi connectivity index (χ2n) is 5.85. The number of rotatable bonds is 7. The Morgan fingerprint density at radius 2 is 1.89 bits per heavy atom. The smallest absolute Gasteiger partial charge is 0.202 e. The zero-order chi connectivity index (χ0) is 13.7. The van der Waals surface area contributed by atoms with Gasteiger partial charge in [0.1, 0.15) is 5.82 Å². The van der Waals surface area contributed by atoms with Crippen molar-refractivity contribution in [1.82, 2.24) is 14.3 Å². The van der Waals surface area contributed by atoms with Gasteiger partial charge in [-0.1, -0.05) is 27.7 Å². The monoisotopic (exact) mass is 270 g/mol. The lowest BCUT2D eigenvalue weighted by atomic mass is 10.0. The van der Waals surface area contributed by atoms with E-state index in [4.69, 9.17) is 0 Å². The normalized spacial score (nSPS) is 13.6. The van der Waals surface area contributed by atoms with Crippen LogP contribution in [0.5, 0.6) is 0 Å². The highest BCUT2D eigenvalue weighted by Crippen LogP contribution is 2.19. The minimum absolute atomic E-state index is 0.397. The van der Waals surface area contributed by atoms with Crippen LogP contribution in [0.25, 0.3) is 0 Å². The molecule has 1 aromatic rings. The highest BCUT2D eigenvalue weighted by molar-refractivity contribution is 7.09. The van der Waals surface area contributed by atoms with Gasteiger partial charge in [0.05, 0.1) is 0 Å². The molecule has 104 valence electrons. The molecule has 0 spiro atoms. The van der Waals surface area contributed by atoms with Crippen LogP contribution in [0.15, 0.2) is 0 Å². The Hall–Kier alpha value is -0.680. The average molecular weight is 270 g/mol. The lowest BCUT2D eigenvalue weighted by molar-refractivity contribution is 0.356. The van der Waals surface area contributed by atoms with E-state index in [1.54, 1.807) is 0 Å². The van der Waals surface area contributed by atoms with Crippen LogP contribution in [-0.4, -0.2) is 40.9 Å². The largest absolute Gasteiger partial charge is 0.356 e. The van der Waals surface area contributed by atoms with Crippen LogP contribution in [-0.2, 0) is 0 Å². The predicted molar refractivity (Wildman–Crippen MR) is 79.4 cm³/mol. The number of hydrogen-bond donors (Lipinski definition) is 1. The van der Waals surface area contributed by atoms with Gasteiger partial charge in [-0.3, -0.25) is 0 Å². The van der Waals surface area contributed by atoms with Gasteiger partial charge in [0.25, 0.3) is 0 Å². The van der Waals surface area contributed by atoms with E-state index < -0.39 is 0 Å². The number of likely N-dealkylation sites (N-methyl/N-ethyl adjacent to an activating group) is 1. The van der Waals surface area contributed by atoms with E-state index in [0.717, 1.165) is 23.9 Å². The van der Waals surface area contributed by atoms with Gasteiger partial charge in [-0.25, -0.2) is 4.98 Å². The molecule has 1 rings (SSSR count). The lowest BCUT2D eigenvalue weighted by Gasteiger charge is -2.23. The van der Waals surface area contributed by atoms with Gasteiger partial charge in [-0.15, -0.1) is 0 Å². The van der Waals surface area contributed by atoms with Gasteiger partial charge in [0.15, 0.2) is 0 Å². The van der Waals surface area contributed by atoms with E-state index in [-0.39, 0.29) is 0 Å². The molecule has 18 heavy (non-hydrogen) atoms. The van der Waals surface area contributed by atoms with Crippen molar-refractivity contribution in [2.75, 3.05) is 26.0 Å². The third kappa shape index (κ3) is 5.31. The van der Waals surface area contributed by atoms with Crippen LogP contribution in [0.2, 0.25) is 0 Å². The van der Waals surface area contributed by atoms with Gasteiger partial charge < -0.3 is 10.2 Å². The van der Waals surface area contributed by atoms with Crippen molar-refractivity contribution in [3.63, 3.8) is 0 Å².